The topological polar surface area (TPSA) is 32.3 Å². The van der Waals surface area contributed by atoms with Crippen molar-refractivity contribution in [3.8, 4) is 0 Å². The van der Waals surface area contributed by atoms with E-state index in [1.807, 2.05) is 0 Å². The van der Waals surface area contributed by atoms with E-state index in [9.17, 15) is 5.11 Å². The van der Waals surface area contributed by atoms with Gasteiger partial charge >= 0.3 is 0 Å². The summed E-state index contributed by atoms with van der Waals surface area (Å²) >= 11 is 0. The molecular weight excluding hydrogens is 162 g/mol. The summed E-state index contributed by atoms with van der Waals surface area (Å²) in [7, 11) is 0. The van der Waals surface area contributed by atoms with Crippen LogP contribution in [-0.2, 0) is 0 Å². The Morgan fingerprint density at radius 2 is 2.00 bits per heavy atom. The summed E-state index contributed by atoms with van der Waals surface area (Å²) in [6.45, 7) is 7.40. The van der Waals surface area contributed by atoms with Gasteiger partial charge in [-0.15, -0.1) is 0 Å². The lowest BCUT2D eigenvalue weighted by Crippen LogP contribution is -2.50. The molecule has 1 aliphatic rings. The zero-order valence-electron chi connectivity index (χ0n) is 9.14. The van der Waals surface area contributed by atoms with E-state index in [1.165, 1.54) is 12.8 Å². The first-order valence-electron chi connectivity index (χ1n) is 5.54. The third-order valence-corrected chi connectivity index (χ3v) is 3.46. The first-order chi connectivity index (χ1) is 6.08. The van der Waals surface area contributed by atoms with Crippen molar-refractivity contribution >= 4 is 0 Å². The maximum absolute atomic E-state index is 10.3. The average molecular weight is 185 g/mol. The summed E-state index contributed by atoms with van der Waals surface area (Å²) < 4.78 is 0. The van der Waals surface area contributed by atoms with Crippen LogP contribution >= 0.6 is 0 Å². The summed E-state index contributed by atoms with van der Waals surface area (Å²) in [6, 6.07) is 0.241. The molecule has 2 N–H and O–H groups in total. The van der Waals surface area contributed by atoms with E-state index < -0.39 is 5.60 Å². The second-order valence-corrected chi connectivity index (χ2v) is 4.57. The number of likely N-dealkylation sites (N-methyl/N-ethyl adjacent to an activating group) is 1. The third-order valence-electron chi connectivity index (χ3n) is 3.46. The fraction of sp³-hybridized carbons (Fsp3) is 1.00. The maximum Gasteiger partial charge on any atom is 0.0797 e. The van der Waals surface area contributed by atoms with Crippen LogP contribution in [0.2, 0.25) is 0 Å². The van der Waals surface area contributed by atoms with Gasteiger partial charge in [-0.3, -0.25) is 0 Å². The molecular formula is C11H23NO. The van der Waals surface area contributed by atoms with E-state index in [0.717, 1.165) is 25.3 Å². The number of nitrogens with one attached hydrogen (secondary N) is 1. The van der Waals surface area contributed by atoms with Crippen LogP contribution in [-0.4, -0.2) is 23.3 Å². The van der Waals surface area contributed by atoms with E-state index in [2.05, 4.69) is 26.1 Å². The summed E-state index contributed by atoms with van der Waals surface area (Å²) in [5.74, 6) is 0.800. The molecule has 1 rings (SSSR count). The number of hydrogen-bond donors (Lipinski definition) is 2. The Morgan fingerprint density at radius 1 is 1.46 bits per heavy atom. The molecule has 0 heterocycles. The van der Waals surface area contributed by atoms with Crippen molar-refractivity contribution in [1.29, 1.82) is 0 Å². The second-order valence-electron chi connectivity index (χ2n) is 4.57. The lowest BCUT2D eigenvalue weighted by atomic mass is 9.76. The van der Waals surface area contributed by atoms with Crippen molar-refractivity contribution < 1.29 is 5.11 Å². The van der Waals surface area contributed by atoms with Crippen LogP contribution in [0.15, 0.2) is 0 Å². The van der Waals surface area contributed by atoms with Crippen molar-refractivity contribution in [2.24, 2.45) is 5.92 Å². The van der Waals surface area contributed by atoms with Crippen molar-refractivity contribution in [1.82, 2.24) is 5.32 Å². The van der Waals surface area contributed by atoms with Crippen LogP contribution in [0.1, 0.15) is 46.5 Å². The third kappa shape index (κ3) is 2.68. The molecule has 0 aromatic heterocycles. The van der Waals surface area contributed by atoms with Gasteiger partial charge in [0.2, 0.25) is 0 Å². The van der Waals surface area contributed by atoms with Gasteiger partial charge in [-0.1, -0.05) is 13.8 Å². The molecule has 2 nitrogen and oxygen atoms in total. The van der Waals surface area contributed by atoms with Gasteiger partial charge in [-0.05, 0) is 45.1 Å². The lowest BCUT2D eigenvalue weighted by Gasteiger charge is -2.39. The van der Waals surface area contributed by atoms with Crippen LogP contribution in [0.4, 0.5) is 0 Å². The van der Waals surface area contributed by atoms with Crippen LogP contribution in [0.3, 0.4) is 0 Å². The van der Waals surface area contributed by atoms with Gasteiger partial charge in [-0.2, -0.15) is 0 Å². The number of rotatable bonds is 3. The van der Waals surface area contributed by atoms with E-state index >= 15 is 0 Å². The van der Waals surface area contributed by atoms with Crippen molar-refractivity contribution in [3.63, 3.8) is 0 Å². The molecule has 1 atom stereocenters. The highest BCUT2D eigenvalue weighted by molar-refractivity contribution is 4.92. The molecule has 0 aliphatic heterocycles. The average Bonchev–Trinajstić information content (AvgIpc) is 2.11. The Hall–Kier alpha value is -0.0800. The smallest absolute Gasteiger partial charge is 0.0797 e. The fourth-order valence-electron chi connectivity index (χ4n) is 2.19. The Kier molecular flexibility index (Phi) is 3.74. The first kappa shape index (κ1) is 11.0. The van der Waals surface area contributed by atoms with Crippen molar-refractivity contribution in [3.05, 3.63) is 0 Å². The Bertz CT molecular complexity index is 150. The number of aliphatic hydroxyl groups is 1. The summed E-state index contributed by atoms with van der Waals surface area (Å²) in [6.07, 6.45) is 4.27. The molecule has 0 amide bonds. The Labute approximate surface area is 81.7 Å². The molecule has 1 unspecified atom stereocenters. The molecule has 0 saturated heterocycles. The molecule has 0 aromatic rings. The zero-order valence-corrected chi connectivity index (χ0v) is 9.14. The van der Waals surface area contributed by atoms with E-state index in [0.29, 0.717) is 0 Å². The monoisotopic (exact) mass is 185 g/mol. The Morgan fingerprint density at radius 3 is 2.46 bits per heavy atom. The molecule has 0 spiro atoms. The normalized spacial score (nSPS) is 37.4. The zero-order chi connectivity index (χ0) is 9.90. The van der Waals surface area contributed by atoms with Gasteiger partial charge in [0.25, 0.3) is 0 Å². The number of hydrogen-bond acceptors (Lipinski definition) is 2. The second kappa shape index (κ2) is 4.43. The van der Waals surface area contributed by atoms with Crippen LogP contribution in [0.5, 0.6) is 0 Å². The predicted molar refractivity (Wildman–Crippen MR) is 55.7 cm³/mol. The van der Waals surface area contributed by atoms with Gasteiger partial charge in [0.1, 0.15) is 0 Å². The highest BCUT2D eigenvalue weighted by atomic mass is 16.3. The summed E-state index contributed by atoms with van der Waals surface area (Å²) in [5.41, 5.74) is -0.442. The van der Waals surface area contributed by atoms with Crippen LogP contribution in [0.25, 0.3) is 0 Å². The largest absolute Gasteiger partial charge is 0.388 e. The molecule has 0 aromatic carbocycles. The standard InChI is InChI=1S/C11H23NO/c1-4-12-10(3)11(13)7-5-9(2)6-8-11/h9-10,12-13H,4-8H2,1-3H3. The highest BCUT2D eigenvalue weighted by Crippen LogP contribution is 2.33. The minimum absolute atomic E-state index is 0.241. The molecule has 0 bridgehead atoms. The molecule has 1 saturated carbocycles. The molecule has 13 heavy (non-hydrogen) atoms. The van der Waals surface area contributed by atoms with E-state index in [-0.39, 0.29) is 6.04 Å². The summed E-state index contributed by atoms with van der Waals surface area (Å²) in [5, 5.41) is 13.6. The van der Waals surface area contributed by atoms with E-state index in [4.69, 9.17) is 0 Å². The van der Waals surface area contributed by atoms with Gasteiger partial charge in [0.15, 0.2) is 0 Å². The van der Waals surface area contributed by atoms with Crippen molar-refractivity contribution in [2.45, 2.75) is 58.1 Å². The summed E-state index contributed by atoms with van der Waals surface area (Å²) in [4.78, 5) is 0. The quantitative estimate of drug-likeness (QED) is 0.704. The van der Waals surface area contributed by atoms with Crippen LogP contribution < -0.4 is 5.32 Å². The highest BCUT2D eigenvalue weighted by Gasteiger charge is 2.36. The SMILES string of the molecule is CCNC(C)C1(O)CCC(C)CC1. The minimum Gasteiger partial charge on any atom is -0.388 e. The fourth-order valence-corrected chi connectivity index (χ4v) is 2.19. The predicted octanol–water partition coefficient (Wildman–Crippen LogP) is 1.93. The van der Waals surface area contributed by atoms with Gasteiger partial charge < -0.3 is 10.4 Å². The molecule has 1 aliphatic carbocycles. The molecule has 2 heteroatoms. The Balaban J connectivity index is 2.46. The van der Waals surface area contributed by atoms with Gasteiger partial charge in [0, 0.05) is 6.04 Å². The lowest BCUT2D eigenvalue weighted by molar-refractivity contribution is -0.0341. The molecule has 78 valence electrons. The van der Waals surface area contributed by atoms with Crippen LogP contribution in [0, 0.1) is 5.92 Å². The van der Waals surface area contributed by atoms with Gasteiger partial charge in [-0.25, -0.2) is 0 Å². The van der Waals surface area contributed by atoms with Crippen molar-refractivity contribution in [2.75, 3.05) is 6.54 Å². The van der Waals surface area contributed by atoms with Gasteiger partial charge in [0.05, 0.1) is 5.60 Å². The molecule has 0 radical (unpaired) electrons. The minimum atomic E-state index is -0.442. The first-order valence-corrected chi connectivity index (χ1v) is 5.54. The van der Waals surface area contributed by atoms with E-state index in [1.54, 1.807) is 0 Å². The maximum atomic E-state index is 10.3. The molecule has 1 fully saturated rings.